The van der Waals surface area contributed by atoms with E-state index in [1.165, 1.54) is 6.20 Å². The van der Waals surface area contributed by atoms with Crippen molar-refractivity contribution in [2.75, 3.05) is 12.8 Å². The summed E-state index contributed by atoms with van der Waals surface area (Å²) in [6.07, 6.45) is 4.55. The first-order valence-electron chi connectivity index (χ1n) is 11.9. The Labute approximate surface area is 212 Å². The quantitative estimate of drug-likeness (QED) is 0.476. The molecule has 2 heterocycles. The van der Waals surface area contributed by atoms with E-state index in [-0.39, 0.29) is 10.9 Å². The molecule has 1 fully saturated rings. The highest BCUT2D eigenvalue weighted by molar-refractivity contribution is 7.90. The standard InChI is InChI=1S/C28H32N2O5S/c1-20(21-10-12-22(13-11-21)23-16-25(18-29-17-23)36(4,33)34)30-15-14-28(35-26(30)31,19-27(2,3)32)24-8-6-5-7-9-24/h5-13,16-18,20,32H,14-15,19H2,1-4H3/t20-,28?/m0/s1. The van der Waals surface area contributed by atoms with Crippen LogP contribution in [-0.4, -0.2) is 47.9 Å². The van der Waals surface area contributed by atoms with E-state index in [4.69, 9.17) is 4.74 Å². The van der Waals surface area contributed by atoms with Gasteiger partial charge in [-0.15, -0.1) is 0 Å². The number of benzene rings is 2. The zero-order valence-corrected chi connectivity index (χ0v) is 21.8. The second-order valence-electron chi connectivity index (χ2n) is 10.1. The molecule has 4 rings (SSSR count). The van der Waals surface area contributed by atoms with Crippen molar-refractivity contribution in [3.63, 3.8) is 0 Å². The molecule has 1 aromatic heterocycles. The van der Waals surface area contributed by atoms with Gasteiger partial charge in [-0.05, 0) is 43.5 Å². The van der Waals surface area contributed by atoms with Crippen molar-refractivity contribution in [3.8, 4) is 11.1 Å². The van der Waals surface area contributed by atoms with Crippen molar-refractivity contribution >= 4 is 15.9 Å². The van der Waals surface area contributed by atoms with Crippen molar-refractivity contribution in [3.05, 3.63) is 84.2 Å². The minimum absolute atomic E-state index is 0.168. The number of hydrogen-bond acceptors (Lipinski definition) is 6. The number of carbonyl (C=O) groups is 1. The molecule has 2 aromatic carbocycles. The van der Waals surface area contributed by atoms with Gasteiger partial charge in [0.1, 0.15) is 5.60 Å². The van der Waals surface area contributed by atoms with Crippen molar-refractivity contribution in [2.45, 2.75) is 55.8 Å². The number of aromatic nitrogens is 1. The maximum Gasteiger partial charge on any atom is 0.411 e. The predicted molar refractivity (Wildman–Crippen MR) is 138 cm³/mol. The molecule has 0 aliphatic carbocycles. The van der Waals surface area contributed by atoms with Gasteiger partial charge in [-0.25, -0.2) is 13.2 Å². The predicted octanol–water partition coefficient (Wildman–Crippen LogP) is 5.11. The summed E-state index contributed by atoms with van der Waals surface area (Å²) in [4.78, 5) is 19.2. The molecule has 0 bridgehead atoms. The van der Waals surface area contributed by atoms with Gasteiger partial charge in [0.15, 0.2) is 9.84 Å². The number of ether oxygens (including phenoxy) is 1. The normalized spacial score (nSPS) is 19.6. The Kier molecular flexibility index (Phi) is 6.94. The molecule has 1 saturated heterocycles. The number of hydrogen-bond donors (Lipinski definition) is 1. The van der Waals surface area contributed by atoms with Gasteiger partial charge in [0.05, 0.1) is 16.5 Å². The van der Waals surface area contributed by atoms with E-state index >= 15 is 0 Å². The summed E-state index contributed by atoms with van der Waals surface area (Å²) in [6.45, 7) is 5.88. The van der Waals surface area contributed by atoms with Gasteiger partial charge in [-0.1, -0.05) is 54.6 Å². The van der Waals surface area contributed by atoms with Gasteiger partial charge in [0, 0.05) is 43.6 Å². The first kappa shape index (κ1) is 25.9. The first-order valence-corrected chi connectivity index (χ1v) is 13.8. The van der Waals surface area contributed by atoms with Gasteiger partial charge < -0.3 is 14.7 Å². The third-order valence-corrected chi connectivity index (χ3v) is 7.71. The molecule has 0 radical (unpaired) electrons. The highest BCUT2D eigenvalue weighted by atomic mass is 32.2. The van der Waals surface area contributed by atoms with Gasteiger partial charge in [0.2, 0.25) is 0 Å². The minimum Gasteiger partial charge on any atom is -0.438 e. The van der Waals surface area contributed by atoms with Crippen LogP contribution in [0.2, 0.25) is 0 Å². The number of pyridine rings is 1. The monoisotopic (exact) mass is 508 g/mol. The molecule has 1 amide bonds. The van der Waals surface area contributed by atoms with Crippen molar-refractivity contribution < 1.29 is 23.1 Å². The largest absolute Gasteiger partial charge is 0.438 e. The van der Waals surface area contributed by atoms with Crippen LogP contribution in [0.25, 0.3) is 11.1 Å². The lowest BCUT2D eigenvalue weighted by Crippen LogP contribution is -2.51. The van der Waals surface area contributed by atoms with Gasteiger partial charge in [0.25, 0.3) is 0 Å². The summed E-state index contributed by atoms with van der Waals surface area (Å²) in [5, 5.41) is 10.6. The van der Waals surface area contributed by atoms with Crippen LogP contribution in [0.4, 0.5) is 4.79 Å². The fourth-order valence-corrected chi connectivity index (χ4v) is 5.40. The average molecular weight is 509 g/mol. The molecule has 2 atom stereocenters. The Bertz CT molecular complexity index is 1330. The smallest absolute Gasteiger partial charge is 0.411 e. The van der Waals surface area contributed by atoms with E-state index in [2.05, 4.69) is 4.98 Å². The lowest BCUT2D eigenvalue weighted by molar-refractivity contribution is -0.101. The van der Waals surface area contributed by atoms with Crippen LogP contribution >= 0.6 is 0 Å². The van der Waals surface area contributed by atoms with Crippen molar-refractivity contribution in [2.24, 2.45) is 0 Å². The van der Waals surface area contributed by atoms with Gasteiger partial charge >= 0.3 is 6.09 Å². The Morgan fingerprint density at radius 2 is 1.75 bits per heavy atom. The zero-order chi connectivity index (χ0) is 26.1. The number of sulfone groups is 1. The summed E-state index contributed by atoms with van der Waals surface area (Å²) in [5.74, 6) is 0. The van der Waals surface area contributed by atoms with E-state index in [9.17, 15) is 18.3 Å². The van der Waals surface area contributed by atoms with Crippen LogP contribution in [0.5, 0.6) is 0 Å². The van der Waals surface area contributed by atoms with Crippen LogP contribution in [0.15, 0.2) is 78.0 Å². The summed E-state index contributed by atoms with van der Waals surface area (Å²) in [5.41, 5.74) is 1.43. The molecule has 1 unspecified atom stereocenters. The van der Waals surface area contributed by atoms with Crippen LogP contribution in [0.3, 0.4) is 0 Å². The van der Waals surface area contributed by atoms with Gasteiger partial charge in [-0.2, -0.15) is 0 Å². The summed E-state index contributed by atoms with van der Waals surface area (Å²) >= 11 is 0. The van der Waals surface area contributed by atoms with Crippen molar-refractivity contribution in [1.29, 1.82) is 0 Å². The van der Waals surface area contributed by atoms with Crippen LogP contribution in [0, 0.1) is 0 Å². The molecule has 36 heavy (non-hydrogen) atoms. The van der Waals surface area contributed by atoms with E-state index < -0.39 is 27.1 Å². The van der Waals surface area contributed by atoms with E-state index in [0.29, 0.717) is 24.9 Å². The second-order valence-corrected chi connectivity index (χ2v) is 12.2. The van der Waals surface area contributed by atoms with Crippen molar-refractivity contribution in [1.82, 2.24) is 9.88 Å². The first-order chi connectivity index (χ1) is 16.9. The van der Waals surface area contributed by atoms with E-state index in [1.54, 1.807) is 31.0 Å². The molecular weight excluding hydrogens is 476 g/mol. The number of carbonyl (C=O) groups excluding carboxylic acids is 1. The number of cyclic esters (lactones) is 1. The summed E-state index contributed by atoms with van der Waals surface area (Å²) in [6, 6.07) is 18.6. The van der Waals surface area contributed by atoms with Crippen LogP contribution in [0.1, 0.15) is 50.8 Å². The second kappa shape index (κ2) is 9.67. The molecule has 3 aromatic rings. The number of nitrogens with zero attached hydrogens (tertiary/aromatic N) is 2. The van der Waals surface area contributed by atoms with Crippen LogP contribution in [-0.2, 0) is 20.2 Å². The maximum absolute atomic E-state index is 13.3. The Balaban J connectivity index is 1.54. The summed E-state index contributed by atoms with van der Waals surface area (Å²) < 4.78 is 29.8. The molecule has 0 spiro atoms. The fourth-order valence-electron chi connectivity index (χ4n) is 4.80. The molecule has 1 aliphatic heterocycles. The number of rotatable bonds is 7. The molecule has 1 aliphatic rings. The Morgan fingerprint density at radius 1 is 1.08 bits per heavy atom. The SMILES string of the molecule is C[C@@H](c1ccc(-c2cncc(S(C)(=O)=O)c2)cc1)N1CCC(CC(C)(C)O)(c2ccccc2)OC1=O. The molecule has 7 nitrogen and oxygen atoms in total. The Morgan fingerprint density at radius 3 is 2.33 bits per heavy atom. The number of aliphatic hydroxyl groups is 1. The number of amides is 1. The van der Waals surface area contributed by atoms with Gasteiger partial charge in [-0.3, -0.25) is 4.98 Å². The molecule has 0 saturated carbocycles. The molecule has 190 valence electrons. The Hall–Kier alpha value is -3.23. The average Bonchev–Trinajstić information content (AvgIpc) is 2.83. The molecule has 8 heteroatoms. The highest BCUT2D eigenvalue weighted by Gasteiger charge is 2.46. The third kappa shape index (κ3) is 5.60. The molecule has 1 N–H and O–H groups in total. The highest BCUT2D eigenvalue weighted by Crippen LogP contribution is 2.42. The molecular formula is C28H32N2O5S. The van der Waals surface area contributed by atoms with Crippen LogP contribution < -0.4 is 0 Å². The van der Waals surface area contributed by atoms with E-state index in [0.717, 1.165) is 22.9 Å². The maximum atomic E-state index is 13.3. The lowest BCUT2D eigenvalue weighted by atomic mass is 9.80. The minimum atomic E-state index is -3.35. The fraction of sp³-hybridized carbons (Fsp3) is 0.357. The lowest BCUT2D eigenvalue weighted by Gasteiger charge is -2.45. The zero-order valence-electron chi connectivity index (χ0n) is 21.0. The van der Waals surface area contributed by atoms with E-state index in [1.807, 2.05) is 61.5 Å². The summed E-state index contributed by atoms with van der Waals surface area (Å²) in [7, 11) is -3.35. The third-order valence-electron chi connectivity index (χ3n) is 6.63. The topological polar surface area (TPSA) is 96.8 Å².